The maximum absolute atomic E-state index is 13.7. The van der Waals surface area contributed by atoms with Crippen molar-refractivity contribution in [2.24, 2.45) is 5.92 Å². The zero-order valence-corrected chi connectivity index (χ0v) is 10.0. The summed E-state index contributed by atoms with van der Waals surface area (Å²) in [4.78, 5) is 1.58. The van der Waals surface area contributed by atoms with Gasteiger partial charge < -0.3 is 10.0 Å². The third kappa shape index (κ3) is 2.18. The van der Waals surface area contributed by atoms with Crippen molar-refractivity contribution in [3.05, 3.63) is 29.6 Å². The molecule has 1 aliphatic heterocycles. The molecule has 1 aliphatic carbocycles. The van der Waals surface area contributed by atoms with E-state index in [1.807, 2.05) is 0 Å². The average molecular weight is 275 g/mol. The maximum Gasteiger partial charge on any atom is 0.416 e. The predicted molar refractivity (Wildman–Crippen MR) is 61.3 cm³/mol. The molecule has 6 heteroatoms. The van der Waals surface area contributed by atoms with Gasteiger partial charge in [-0.2, -0.15) is 13.2 Å². The molecule has 0 bridgehead atoms. The third-order valence-electron chi connectivity index (χ3n) is 3.88. The van der Waals surface area contributed by atoms with Gasteiger partial charge in [-0.25, -0.2) is 4.39 Å². The van der Waals surface area contributed by atoms with Crippen LogP contribution >= 0.6 is 0 Å². The van der Waals surface area contributed by atoms with Crippen LogP contribution in [0.15, 0.2) is 18.2 Å². The molecule has 0 amide bonds. The molecule has 1 heterocycles. The summed E-state index contributed by atoms with van der Waals surface area (Å²) in [5, 5.41) is 10.1. The monoisotopic (exact) mass is 275 g/mol. The minimum Gasteiger partial charge on any atom is -0.386 e. The van der Waals surface area contributed by atoms with Crippen molar-refractivity contribution in [3.63, 3.8) is 0 Å². The van der Waals surface area contributed by atoms with E-state index >= 15 is 0 Å². The molecule has 0 spiro atoms. The number of hydrogen-bond acceptors (Lipinski definition) is 2. The van der Waals surface area contributed by atoms with E-state index in [2.05, 4.69) is 0 Å². The minimum absolute atomic E-state index is 0.123. The van der Waals surface area contributed by atoms with Gasteiger partial charge >= 0.3 is 6.18 Å². The van der Waals surface area contributed by atoms with E-state index in [9.17, 15) is 22.7 Å². The van der Waals surface area contributed by atoms with E-state index in [0.717, 1.165) is 25.0 Å². The Kier molecular flexibility index (Phi) is 2.58. The first-order chi connectivity index (χ1) is 8.79. The Morgan fingerprint density at radius 2 is 1.84 bits per heavy atom. The number of hydrogen-bond donors (Lipinski definition) is 1. The molecule has 2 aliphatic rings. The molecule has 3 rings (SSSR count). The zero-order valence-electron chi connectivity index (χ0n) is 10.0. The molecule has 2 fully saturated rings. The SMILES string of the molecule is OC1(C2CC2)CN(c2ccc(C(F)(F)F)cc2F)C1. The highest BCUT2D eigenvalue weighted by Crippen LogP contribution is 2.46. The summed E-state index contributed by atoms with van der Waals surface area (Å²) >= 11 is 0. The van der Waals surface area contributed by atoms with E-state index in [1.165, 1.54) is 0 Å². The Bertz CT molecular complexity index is 504. The fraction of sp³-hybridized carbons (Fsp3) is 0.538. The molecule has 2 nitrogen and oxygen atoms in total. The van der Waals surface area contributed by atoms with Crippen LogP contribution in [-0.4, -0.2) is 23.8 Å². The highest BCUT2D eigenvalue weighted by molar-refractivity contribution is 5.53. The van der Waals surface area contributed by atoms with Crippen LogP contribution in [0.3, 0.4) is 0 Å². The van der Waals surface area contributed by atoms with Crippen LogP contribution in [0.2, 0.25) is 0 Å². The number of β-amino-alcohol motifs (C(OH)–C–C–N with tert-alkyl or cyclic N) is 1. The van der Waals surface area contributed by atoms with Crippen LogP contribution < -0.4 is 4.90 Å². The van der Waals surface area contributed by atoms with Crippen LogP contribution in [0.4, 0.5) is 23.2 Å². The lowest BCUT2D eigenvalue weighted by atomic mass is 9.88. The Labute approximate surface area is 107 Å². The minimum atomic E-state index is -4.54. The Balaban J connectivity index is 1.76. The molecule has 1 aromatic rings. The smallest absolute Gasteiger partial charge is 0.386 e. The van der Waals surface area contributed by atoms with E-state index in [0.29, 0.717) is 19.2 Å². The van der Waals surface area contributed by atoms with E-state index in [-0.39, 0.29) is 11.6 Å². The summed E-state index contributed by atoms with van der Waals surface area (Å²) in [6.07, 6.45) is -2.59. The average Bonchev–Trinajstić information content (AvgIpc) is 3.07. The van der Waals surface area contributed by atoms with Gasteiger partial charge in [0.05, 0.1) is 11.3 Å². The van der Waals surface area contributed by atoms with Crippen LogP contribution in [-0.2, 0) is 6.18 Å². The second-order valence-electron chi connectivity index (χ2n) is 5.40. The Morgan fingerprint density at radius 3 is 2.32 bits per heavy atom. The summed E-state index contributed by atoms with van der Waals surface area (Å²) < 4.78 is 50.9. The molecule has 104 valence electrons. The van der Waals surface area contributed by atoms with Gasteiger partial charge in [-0.15, -0.1) is 0 Å². The Hall–Kier alpha value is -1.30. The summed E-state index contributed by atoms with van der Waals surface area (Å²) in [6, 6.07) is 2.50. The van der Waals surface area contributed by atoms with Gasteiger partial charge in [-0.3, -0.25) is 0 Å². The van der Waals surface area contributed by atoms with Gasteiger partial charge in [0.2, 0.25) is 0 Å². The molecule has 0 atom stereocenters. The highest BCUT2D eigenvalue weighted by Gasteiger charge is 2.52. The van der Waals surface area contributed by atoms with Gasteiger partial charge in [0.25, 0.3) is 0 Å². The van der Waals surface area contributed by atoms with Gasteiger partial charge in [0.15, 0.2) is 0 Å². The summed E-state index contributed by atoms with van der Waals surface area (Å²) in [7, 11) is 0. The van der Waals surface area contributed by atoms with Crippen molar-refractivity contribution in [2.45, 2.75) is 24.6 Å². The van der Waals surface area contributed by atoms with Crippen molar-refractivity contribution in [1.29, 1.82) is 0 Å². The molecule has 1 saturated heterocycles. The number of alkyl halides is 3. The lowest BCUT2D eigenvalue weighted by Gasteiger charge is -2.48. The first kappa shape index (κ1) is 12.7. The van der Waals surface area contributed by atoms with E-state index in [1.54, 1.807) is 4.90 Å². The number of aliphatic hydroxyl groups is 1. The fourth-order valence-corrected chi connectivity index (χ4v) is 2.60. The summed E-state index contributed by atoms with van der Waals surface area (Å²) in [5.74, 6) is -0.631. The standard InChI is InChI=1S/C13H13F4NO/c14-10-5-9(13(15,16)17)3-4-11(10)18-6-12(19,7-18)8-1-2-8/h3-5,8,19H,1-2,6-7H2. The van der Waals surface area contributed by atoms with Crippen LogP contribution in [0, 0.1) is 11.7 Å². The van der Waals surface area contributed by atoms with E-state index < -0.39 is 23.2 Å². The third-order valence-corrected chi connectivity index (χ3v) is 3.88. The largest absolute Gasteiger partial charge is 0.416 e. The molecule has 0 radical (unpaired) electrons. The molecule has 19 heavy (non-hydrogen) atoms. The first-order valence-electron chi connectivity index (χ1n) is 6.14. The molecule has 1 saturated carbocycles. The molecule has 1 aromatic carbocycles. The number of benzene rings is 1. The number of nitrogens with zero attached hydrogens (tertiary/aromatic N) is 1. The fourth-order valence-electron chi connectivity index (χ4n) is 2.60. The van der Waals surface area contributed by atoms with Crippen molar-refractivity contribution in [3.8, 4) is 0 Å². The molecule has 1 N–H and O–H groups in total. The van der Waals surface area contributed by atoms with Gasteiger partial charge in [-0.05, 0) is 37.0 Å². The lowest BCUT2D eigenvalue weighted by molar-refractivity contribution is -0.137. The normalized spacial score (nSPS) is 22.3. The summed E-state index contributed by atoms with van der Waals surface area (Å²) in [6.45, 7) is 0.583. The second-order valence-corrected chi connectivity index (χ2v) is 5.40. The van der Waals surface area contributed by atoms with Crippen molar-refractivity contribution in [2.75, 3.05) is 18.0 Å². The highest BCUT2D eigenvalue weighted by atomic mass is 19.4. The second kappa shape index (κ2) is 3.85. The van der Waals surface area contributed by atoms with Crippen LogP contribution in [0.1, 0.15) is 18.4 Å². The number of anilines is 1. The van der Waals surface area contributed by atoms with E-state index in [4.69, 9.17) is 0 Å². The topological polar surface area (TPSA) is 23.5 Å². The molecule has 0 unspecified atom stereocenters. The van der Waals surface area contributed by atoms with Crippen LogP contribution in [0.5, 0.6) is 0 Å². The maximum atomic E-state index is 13.7. The number of halogens is 4. The van der Waals surface area contributed by atoms with Crippen molar-refractivity contribution < 1.29 is 22.7 Å². The summed E-state index contributed by atoms with van der Waals surface area (Å²) in [5.41, 5.74) is -1.65. The van der Waals surface area contributed by atoms with Gasteiger partial charge in [0.1, 0.15) is 11.4 Å². The molecular weight excluding hydrogens is 262 g/mol. The van der Waals surface area contributed by atoms with Crippen molar-refractivity contribution >= 4 is 5.69 Å². The van der Waals surface area contributed by atoms with Crippen LogP contribution in [0.25, 0.3) is 0 Å². The first-order valence-corrected chi connectivity index (χ1v) is 6.14. The molecular formula is C13H13F4NO. The van der Waals surface area contributed by atoms with Gasteiger partial charge in [-0.1, -0.05) is 0 Å². The van der Waals surface area contributed by atoms with Crippen molar-refractivity contribution in [1.82, 2.24) is 0 Å². The molecule has 0 aromatic heterocycles. The number of rotatable bonds is 2. The lowest BCUT2D eigenvalue weighted by Crippen LogP contribution is -2.63. The Morgan fingerprint density at radius 1 is 1.21 bits per heavy atom. The predicted octanol–water partition coefficient (Wildman–Crippen LogP) is 2.81. The van der Waals surface area contributed by atoms with Gasteiger partial charge in [0, 0.05) is 13.1 Å². The quantitative estimate of drug-likeness (QED) is 0.839. The zero-order chi connectivity index (χ0) is 13.8.